The van der Waals surface area contributed by atoms with Crippen LogP contribution in [0.2, 0.25) is 0 Å². The van der Waals surface area contributed by atoms with Gasteiger partial charge in [-0.1, -0.05) is 39.0 Å². The Kier molecular flexibility index (Phi) is 7.24. The predicted molar refractivity (Wildman–Crippen MR) is 116 cm³/mol. The molecule has 2 aromatic rings. The van der Waals surface area contributed by atoms with E-state index in [1.54, 1.807) is 31.1 Å². The molecule has 1 N–H and O–H groups in total. The van der Waals surface area contributed by atoms with Gasteiger partial charge in [0.15, 0.2) is 6.61 Å². The molecule has 0 saturated carbocycles. The zero-order valence-electron chi connectivity index (χ0n) is 17.0. The van der Waals surface area contributed by atoms with Gasteiger partial charge in [0, 0.05) is 19.8 Å². The van der Waals surface area contributed by atoms with Gasteiger partial charge in [0.2, 0.25) is 5.91 Å². The van der Waals surface area contributed by atoms with Crippen molar-refractivity contribution in [3.8, 4) is 5.75 Å². The van der Waals surface area contributed by atoms with Crippen LogP contribution in [0.25, 0.3) is 0 Å². The molecule has 0 aromatic heterocycles. The van der Waals surface area contributed by atoms with Gasteiger partial charge in [-0.3, -0.25) is 9.59 Å². The van der Waals surface area contributed by atoms with Gasteiger partial charge in [-0.15, -0.1) is 0 Å². The summed E-state index contributed by atoms with van der Waals surface area (Å²) in [6, 6.07) is 13.1. The number of hydrogen-bond donors (Lipinski definition) is 1. The van der Waals surface area contributed by atoms with Crippen molar-refractivity contribution >= 4 is 33.4 Å². The van der Waals surface area contributed by atoms with E-state index in [9.17, 15) is 9.59 Å². The summed E-state index contributed by atoms with van der Waals surface area (Å²) in [6.45, 7) is 6.34. The number of hydrogen-bond acceptors (Lipinski definition) is 3. The highest BCUT2D eigenvalue weighted by atomic mass is 79.9. The molecule has 0 spiro atoms. The van der Waals surface area contributed by atoms with Crippen LogP contribution >= 0.6 is 15.9 Å². The van der Waals surface area contributed by atoms with Crippen molar-refractivity contribution in [1.29, 1.82) is 0 Å². The SMILES string of the molecule is CN(C)C(=O)Cc1ccc(NC(=O)COc2ccc(C(C)(C)C)cc2Br)cc1. The van der Waals surface area contributed by atoms with Crippen molar-refractivity contribution < 1.29 is 14.3 Å². The monoisotopic (exact) mass is 446 g/mol. The van der Waals surface area contributed by atoms with Gasteiger partial charge in [-0.2, -0.15) is 0 Å². The molecule has 0 radical (unpaired) electrons. The second-order valence-electron chi connectivity index (χ2n) is 7.89. The van der Waals surface area contributed by atoms with Gasteiger partial charge in [-0.05, 0) is 56.7 Å². The molecule has 0 saturated heterocycles. The smallest absolute Gasteiger partial charge is 0.262 e. The minimum atomic E-state index is -0.246. The summed E-state index contributed by atoms with van der Waals surface area (Å²) in [5.74, 6) is 0.415. The first-order chi connectivity index (χ1) is 13.1. The summed E-state index contributed by atoms with van der Waals surface area (Å²) in [7, 11) is 3.46. The Hall–Kier alpha value is -2.34. The first kappa shape index (κ1) is 22.0. The third-order valence-electron chi connectivity index (χ3n) is 4.25. The van der Waals surface area contributed by atoms with Crippen LogP contribution in [0.15, 0.2) is 46.9 Å². The number of likely N-dealkylation sites (N-methyl/N-ethyl adjacent to an activating group) is 1. The van der Waals surface area contributed by atoms with E-state index in [4.69, 9.17) is 4.74 Å². The summed E-state index contributed by atoms with van der Waals surface area (Å²) < 4.78 is 6.45. The van der Waals surface area contributed by atoms with E-state index in [2.05, 4.69) is 42.0 Å². The third-order valence-corrected chi connectivity index (χ3v) is 4.87. The largest absolute Gasteiger partial charge is 0.483 e. The van der Waals surface area contributed by atoms with Crippen LogP contribution in [0.3, 0.4) is 0 Å². The van der Waals surface area contributed by atoms with Gasteiger partial charge in [0.25, 0.3) is 5.91 Å². The molecule has 5 nitrogen and oxygen atoms in total. The lowest BCUT2D eigenvalue weighted by Gasteiger charge is -2.20. The van der Waals surface area contributed by atoms with E-state index in [0.29, 0.717) is 17.9 Å². The molecular formula is C22H27BrN2O3. The number of amides is 2. The molecule has 0 atom stereocenters. The average molecular weight is 447 g/mol. The van der Waals surface area contributed by atoms with Crippen LogP contribution < -0.4 is 10.1 Å². The Labute approximate surface area is 175 Å². The van der Waals surface area contributed by atoms with Crippen molar-refractivity contribution in [3.05, 3.63) is 58.1 Å². The van der Waals surface area contributed by atoms with E-state index < -0.39 is 0 Å². The van der Waals surface area contributed by atoms with Crippen LogP contribution in [0, 0.1) is 0 Å². The molecule has 0 unspecified atom stereocenters. The van der Waals surface area contributed by atoms with E-state index in [0.717, 1.165) is 10.0 Å². The Balaban J connectivity index is 1.90. The number of nitrogens with zero attached hydrogens (tertiary/aromatic N) is 1. The second-order valence-corrected chi connectivity index (χ2v) is 8.75. The van der Waals surface area contributed by atoms with Crippen LogP contribution in [-0.4, -0.2) is 37.4 Å². The van der Waals surface area contributed by atoms with Crippen molar-refractivity contribution in [1.82, 2.24) is 4.90 Å². The fourth-order valence-electron chi connectivity index (χ4n) is 2.46. The molecule has 0 fully saturated rings. The molecule has 0 heterocycles. The van der Waals surface area contributed by atoms with Crippen molar-refractivity contribution in [2.75, 3.05) is 26.0 Å². The van der Waals surface area contributed by atoms with E-state index in [1.807, 2.05) is 30.3 Å². The van der Waals surface area contributed by atoms with Gasteiger partial charge < -0.3 is 15.0 Å². The first-order valence-electron chi connectivity index (χ1n) is 9.08. The number of benzene rings is 2. The zero-order chi connectivity index (χ0) is 20.9. The number of nitrogens with one attached hydrogen (secondary N) is 1. The van der Waals surface area contributed by atoms with Gasteiger partial charge in [0.1, 0.15) is 5.75 Å². The molecule has 6 heteroatoms. The molecule has 0 aliphatic carbocycles. The molecule has 2 amide bonds. The normalized spacial score (nSPS) is 11.1. The Bertz CT molecular complexity index is 840. The Morgan fingerprint density at radius 3 is 2.25 bits per heavy atom. The van der Waals surface area contributed by atoms with Gasteiger partial charge in [-0.25, -0.2) is 0 Å². The highest BCUT2D eigenvalue weighted by Crippen LogP contribution is 2.31. The lowest BCUT2D eigenvalue weighted by Crippen LogP contribution is -2.23. The van der Waals surface area contributed by atoms with E-state index in [-0.39, 0.29) is 23.8 Å². The lowest BCUT2D eigenvalue weighted by molar-refractivity contribution is -0.128. The first-order valence-corrected chi connectivity index (χ1v) is 9.87. The maximum atomic E-state index is 12.2. The van der Waals surface area contributed by atoms with Crippen LogP contribution in [0.1, 0.15) is 31.9 Å². The average Bonchev–Trinajstić information content (AvgIpc) is 2.61. The molecule has 28 heavy (non-hydrogen) atoms. The number of carbonyl (C=O) groups excluding carboxylic acids is 2. The number of carbonyl (C=O) groups is 2. The Morgan fingerprint density at radius 1 is 1.07 bits per heavy atom. The summed E-state index contributed by atoms with van der Waals surface area (Å²) in [5.41, 5.74) is 2.79. The molecule has 0 bridgehead atoms. The fourth-order valence-corrected chi connectivity index (χ4v) is 2.96. The van der Waals surface area contributed by atoms with Crippen molar-refractivity contribution in [2.45, 2.75) is 32.6 Å². The maximum Gasteiger partial charge on any atom is 0.262 e. The zero-order valence-corrected chi connectivity index (χ0v) is 18.6. The van der Waals surface area contributed by atoms with Gasteiger partial charge in [0.05, 0.1) is 10.9 Å². The molecule has 2 rings (SSSR count). The minimum absolute atomic E-state index is 0.0354. The van der Waals surface area contributed by atoms with Crippen molar-refractivity contribution in [3.63, 3.8) is 0 Å². The minimum Gasteiger partial charge on any atom is -0.483 e. The fraction of sp³-hybridized carbons (Fsp3) is 0.364. The second kappa shape index (κ2) is 9.24. The summed E-state index contributed by atoms with van der Waals surface area (Å²) in [6.07, 6.45) is 0.336. The molecular weight excluding hydrogens is 420 g/mol. The summed E-state index contributed by atoms with van der Waals surface area (Å²) >= 11 is 3.51. The quantitative estimate of drug-likeness (QED) is 0.715. The number of anilines is 1. The van der Waals surface area contributed by atoms with Crippen LogP contribution in [0.4, 0.5) is 5.69 Å². The van der Waals surface area contributed by atoms with Crippen LogP contribution in [0.5, 0.6) is 5.75 Å². The molecule has 0 aliphatic rings. The number of halogens is 1. The van der Waals surface area contributed by atoms with E-state index in [1.165, 1.54) is 5.56 Å². The maximum absolute atomic E-state index is 12.2. The molecule has 2 aromatic carbocycles. The third kappa shape index (κ3) is 6.37. The summed E-state index contributed by atoms with van der Waals surface area (Å²) in [5, 5.41) is 2.80. The highest BCUT2D eigenvalue weighted by molar-refractivity contribution is 9.10. The molecule has 150 valence electrons. The molecule has 0 aliphatic heterocycles. The summed E-state index contributed by atoms with van der Waals surface area (Å²) in [4.78, 5) is 25.5. The number of rotatable bonds is 6. The van der Waals surface area contributed by atoms with E-state index >= 15 is 0 Å². The topological polar surface area (TPSA) is 58.6 Å². The standard InChI is InChI=1S/C22H27BrN2O3/c1-22(2,3)16-8-11-19(18(23)13-16)28-14-20(26)24-17-9-6-15(7-10-17)12-21(27)25(4)5/h6-11,13H,12,14H2,1-5H3,(H,24,26). The highest BCUT2D eigenvalue weighted by Gasteiger charge is 2.15. The lowest BCUT2D eigenvalue weighted by atomic mass is 9.87. The number of ether oxygens (including phenoxy) is 1. The Morgan fingerprint density at radius 2 is 1.71 bits per heavy atom. The van der Waals surface area contributed by atoms with Crippen molar-refractivity contribution in [2.24, 2.45) is 0 Å². The van der Waals surface area contributed by atoms with Gasteiger partial charge >= 0.3 is 0 Å². The van der Waals surface area contributed by atoms with Crippen LogP contribution in [-0.2, 0) is 21.4 Å². The predicted octanol–water partition coefficient (Wildman–Crippen LogP) is 4.39.